The van der Waals surface area contributed by atoms with Crippen molar-refractivity contribution >= 4 is 23.0 Å². The van der Waals surface area contributed by atoms with Crippen molar-refractivity contribution < 1.29 is 4.74 Å². The molecule has 1 atom stereocenters. The molecule has 0 saturated carbocycles. The van der Waals surface area contributed by atoms with Crippen molar-refractivity contribution in [2.24, 2.45) is 0 Å². The van der Waals surface area contributed by atoms with Crippen molar-refractivity contribution in [3.05, 3.63) is 95.6 Å². The second-order valence-corrected chi connectivity index (χ2v) is 6.69. The zero-order valence-electron chi connectivity index (χ0n) is 15.6. The van der Waals surface area contributed by atoms with E-state index >= 15 is 0 Å². The summed E-state index contributed by atoms with van der Waals surface area (Å²) in [5, 5.41) is 7.29. The molecule has 0 aliphatic rings. The standard InChI is InChI=1S/C23H24N2OS/c1-3-26-21-15-8-7-14-20(21)24-23(27)25-22(18-11-5-4-6-12-18)19-13-9-10-17(2)16-19/h4-16,22H,3H2,1-2H3,(H2,24,25,27)/t22-/m0/s1. The van der Waals surface area contributed by atoms with Crippen LogP contribution in [0.2, 0.25) is 0 Å². The first-order valence-corrected chi connectivity index (χ1v) is 9.49. The Morgan fingerprint density at radius 2 is 1.63 bits per heavy atom. The highest BCUT2D eigenvalue weighted by molar-refractivity contribution is 7.80. The lowest BCUT2D eigenvalue weighted by Crippen LogP contribution is -2.33. The van der Waals surface area contributed by atoms with E-state index in [4.69, 9.17) is 17.0 Å². The average molecular weight is 377 g/mol. The predicted octanol–water partition coefficient (Wildman–Crippen LogP) is 5.47. The van der Waals surface area contributed by atoms with Crippen molar-refractivity contribution in [2.45, 2.75) is 19.9 Å². The first-order chi connectivity index (χ1) is 13.2. The van der Waals surface area contributed by atoms with E-state index in [1.807, 2.05) is 49.4 Å². The molecule has 0 saturated heterocycles. The van der Waals surface area contributed by atoms with E-state index in [0.717, 1.165) is 17.0 Å². The molecule has 3 rings (SSSR count). The number of thiocarbonyl (C=S) groups is 1. The Balaban J connectivity index is 1.83. The highest BCUT2D eigenvalue weighted by Crippen LogP contribution is 2.26. The normalized spacial score (nSPS) is 11.5. The maximum Gasteiger partial charge on any atom is 0.171 e. The van der Waals surface area contributed by atoms with Crippen LogP contribution in [-0.2, 0) is 0 Å². The van der Waals surface area contributed by atoms with Gasteiger partial charge in [-0.15, -0.1) is 0 Å². The zero-order valence-corrected chi connectivity index (χ0v) is 16.4. The van der Waals surface area contributed by atoms with Crippen molar-refractivity contribution in [1.82, 2.24) is 5.32 Å². The number of hydrogen-bond acceptors (Lipinski definition) is 2. The van der Waals surface area contributed by atoms with Crippen molar-refractivity contribution in [2.75, 3.05) is 11.9 Å². The number of aryl methyl sites for hydroxylation is 1. The van der Waals surface area contributed by atoms with Gasteiger partial charge in [0.05, 0.1) is 18.3 Å². The molecule has 2 N–H and O–H groups in total. The Hall–Kier alpha value is -2.85. The van der Waals surface area contributed by atoms with Gasteiger partial charge in [0.2, 0.25) is 0 Å². The first-order valence-electron chi connectivity index (χ1n) is 9.08. The Kier molecular flexibility index (Phi) is 6.44. The molecule has 0 aliphatic heterocycles. The van der Waals surface area contributed by atoms with E-state index in [-0.39, 0.29) is 6.04 Å². The number of benzene rings is 3. The van der Waals surface area contributed by atoms with Crippen LogP contribution < -0.4 is 15.4 Å². The molecule has 0 fully saturated rings. The smallest absolute Gasteiger partial charge is 0.171 e. The molecule has 0 amide bonds. The quantitative estimate of drug-likeness (QED) is 0.559. The summed E-state index contributed by atoms with van der Waals surface area (Å²) in [5.74, 6) is 0.788. The molecule has 0 spiro atoms. The van der Waals surface area contributed by atoms with Gasteiger partial charge in [-0.2, -0.15) is 0 Å². The van der Waals surface area contributed by atoms with E-state index in [2.05, 4.69) is 54.0 Å². The lowest BCUT2D eigenvalue weighted by molar-refractivity contribution is 0.342. The van der Waals surface area contributed by atoms with Gasteiger partial charge in [0.1, 0.15) is 5.75 Å². The zero-order chi connectivity index (χ0) is 19.1. The molecule has 0 bridgehead atoms. The Bertz CT molecular complexity index is 896. The lowest BCUT2D eigenvalue weighted by atomic mass is 9.97. The summed E-state index contributed by atoms with van der Waals surface area (Å²) in [7, 11) is 0. The Morgan fingerprint density at radius 1 is 0.926 bits per heavy atom. The molecular formula is C23H24N2OS. The van der Waals surface area contributed by atoms with Crippen LogP contribution >= 0.6 is 12.2 Å². The molecule has 0 heterocycles. The average Bonchev–Trinajstić information content (AvgIpc) is 2.68. The monoisotopic (exact) mass is 376 g/mol. The van der Waals surface area contributed by atoms with Gasteiger partial charge >= 0.3 is 0 Å². The SMILES string of the molecule is CCOc1ccccc1NC(=S)N[C@@H](c1ccccc1)c1cccc(C)c1. The highest BCUT2D eigenvalue weighted by atomic mass is 32.1. The third-order valence-electron chi connectivity index (χ3n) is 4.22. The van der Waals surface area contributed by atoms with Gasteiger partial charge in [0, 0.05) is 0 Å². The van der Waals surface area contributed by atoms with Gasteiger partial charge in [-0.3, -0.25) is 0 Å². The minimum Gasteiger partial charge on any atom is -0.492 e. The molecule has 3 aromatic rings. The lowest BCUT2D eigenvalue weighted by Gasteiger charge is -2.23. The van der Waals surface area contributed by atoms with Gasteiger partial charge < -0.3 is 15.4 Å². The minimum atomic E-state index is -0.0367. The topological polar surface area (TPSA) is 33.3 Å². The number of rotatable bonds is 6. The van der Waals surface area contributed by atoms with Crippen LogP contribution in [0.5, 0.6) is 5.75 Å². The largest absolute Gasteiger partial charge is 0.492 e. The summed E-state index contributed by atoms with van der Waals surface area (Å²) >= 11 is 5.61. The second-order valence-electron chi connectivity index (χ2n) is 6.29. The summed E-state index contributed by atoms with van der Waals surface area (Å²) in [6.07, 6.45) is 0. The van der Waals surface area contributed by atoms with Crippen LogP contribution in [0.15, 0.2) is 78.9 Å². The third kappa shape index (κ3) is 5.08. The van der Waals surface area contributed by atoms with E-state index in [0.29, 0.717) is 11.7 Å². The third-order valence-corrected chi connectivity index (χ3v) is 4.44. The minimum absolute atomic E-state index is 0.0367. The van der Waals surface area contributed by atoms with Gasteiger partial charge in [0.15, 0.2) is 5.11 Å². The summed E-state index contributed by atoms with van der Waals surface area (Å²) in [4.78, 5) is 0. The van der Waals surface area contributed by atoms with Crippen molar-refractivity contribution in [1.29, 1.82) is 0 Å². The molecule has 0 unspecified atom stereocenters. The molecule has 3 aromatic carbocycles. The van der Waals surface area contributed by atoms with E-state index in [9.17, 15) is 0 Å². The summed E-state index contributed by atoms with van der Waals surface area (Å²) in [6.45, 7) is 4.67. The van der Waals surface area contributed by atoms with Crippen LogP contribution in [0, 0.1) is 6.92 Å². The number of anilines is 1. The number of ether oxygens (including phenoxy) is 1. The summed E-state index contributed by atoms with van der Waals surface area (Å²) in [5.41, 5.74) is 4.40. The summed E-state index contributed by atoms with van der Waals surface area (Å²) < 4.78 is 5.68. The molecule has 0 radical (unpaired) electrons. The van der Waals surface area contributed by atoms with Gasteiger partial charge in [-0.25, -0.2) is 0 Å². The van der Waals surface area contributed by atoms with Gasteiger partial charge in [-0.1, -0.05) is 72.3 Å². The van der Waals surface area contributed by atoms with Crippen molar-refractivity contribution in [3.63, 3.8) is 0 Å². The fourth-order valence-corrected chi connectivity index (χ4v) is 3.22. The van der Waals surface area contributed by atoms with Crippen LogP contribution in [0.4, 0.5) is 5.69 Å². The predicted molar refractivity (Wildman–Crippen MR) is 116 cm³/mol. The fraction of sp³-hybridized carbons (Fsp3) is 0.174. The van der Waals surface area contributed by atoms with Crippen LogP contribution in [-0.4, -0.2) is 11.7 Å². The molecule has 138 valence electrons. The maximum absolute atomic E-state index is 5.68. The van der Waals surface area contributed by atoms with Gasteiger partial charge in [-0.05, 0) is 49.3 Å². The Morgan fingerprint density at radius 3 is 2.37 bits per heavy atom. The number of para-hydroxylation sites is 2. The summed E-state index contributed by atoms with van der Waals surface area (Å²) in [6, 6.07) is 26.6. The number of nitrogens with one attached hydrogen (secondary N) is 2. The van der Waals surface area contributed by atoms with E-state index in [1.165, 1.54) is 11.1 Å². The maximum atomic E-state index is 5.68. The fourth-order valence-electron chi connectivity index (χ4n) is 3.00. The van der Waals surface area contributed by atoms with Crippen molar-refractivity contribution in [3.8, 4) is 5.75 Å². The second kappa shape index (κ2) is 9.19. The molecule has 0 aliphatic carbocycles. The van der Waals surface area contributed by atoms with E-state index in [1.54, 1.807) is 0 Å². The molecular weight excluding hydrogens is 352 g/mol. The highest BCUT2D eigenvalue weighted by Gasteiger charge is 2.16. The number of hydrogen-bond donors (Lipinski definition) is 2. The van der Waals surface area contributed by atoms with Gasteiger partial charge in [0.25, 0.3) is 0 Å². The van der Waals surface area contributed by atoms with Crippen LogP contribution in [0.25, 0.3) is 0 Å². The Labute approximate surface area is 166 Å². The molecule has 27 heavy (non-hydrogen) atoms. The first kappa shape index (κ1) is 18.9. The van der Waals surface area contributed by atoms with Crippen LogP contribution in [0.1, 0.15) is 29.7 Å². The molecule has 3 nitrogen and oxygen atoms in total. The molecule has 0 aromatic heterocycles. The molecule has 4 heteroatoms. The van der Waals surface area contributed by atoms with E-state index < -0.39 is 0 Å². The van der Waals surface area contributed by atoms with Crippen LogP contribution in [0.3, 0.4) is 0 Å².